The maximum atomic E-state index is 9.85. The van der Waals surface area contributed by atoms with Crippen LogP contribution in [-0.4, -0.2) is 59.6 Å². The van der Waals surface area contributed by atoms with Gasteiger partial charge in [-0.05, 0) is 12.8 Å². The zero-order chi connectivity index (χ0) is 16.9. The molecule has 0 aromatic heterocycles. The van der Waals surface area contributed by atoms with Crippen LogP contribution in [0.1, 0.15) is 58.3 Å². The van der Waals surface area contributed by atoms with Gasteiger partial charge in [0.1, 0.15) is 24.4 Å². The van der Waals surface area contributed by atoms with Gasteiger partial charge >= 0.3 is 0 Å². The van der Waals surface area contributed by atoms with Gasteiger partial charge in [-0.15, -0.1) is 0 Å². The third kappa shape index (κ3) is 8.82. The van der Waals surface area contributed by atoms with Crippen molar-refractivity contribution in [3.8, 4) is 0 Å². The third-order valence-electron chi connectivity index (χ3n) is 4.21. The highest BCUT2D eigenvalue weighted by Crippen LogP contribution is 2.17. The Kier molecular flexibility index (Phi) is 11.5. The number of allylic oxidation sites excluding steroid dienone is 1. The Morgan fingerprint density at radius 3 is 2.43 bits per heavy atom. The van der Waals surface area contributed by atoms with Crippen LogP contribution >= 0.6 is 0 Å². The molecule has 0 radical (unpaired) electrons. The molecule has 1 aliphatic rings. The van der Waals surface area contributed by atoms with Crippen LogP contribution in [0.25, 0.3) is 0 Å². The fourth-order valence-electron chi connectivity index (χ4n) is 2.72. The number of aliphatic hydroxyl groups is 3. The Hall–Kier alpha value is -0.460. The Bertz CT molecular complexity index is 308. The first-order chi connectivity index (χ1) is 11.2. The van der Waals surface area contributed by atoms with Gasteiger partial charge in [-0.3, -0.25) is 0 Å². The number of rotatable bonds is 13. The average molecular weight is 330 g/mol. The molecule has 1 saturated heterocycles. The first-order valence-electron chi connectivity index (χ1n) is 9.05. The molecule has 1 fully saturated rings. The molecule has 5 nitrogen and oxygen atoms in total. The Morgan fingerprint density at radius 1 is 1.09 bits per heavy atom. The summed E-state index contributed by atoms with van der Waals surface area (Å²) in [4.78, 5) is 0. The Labute approximate surface area is 140 Å². The van der Waals surface area contributed by atoms with Crippen molar-refractivity contribution in [1.82, 2.24) is 0 Å². The first kappa shape index (κ1) is 20.6. The predicted molar refractivity (Wildman–Crippen MR) is 90.3 cm³/mol. The molecule has 0 unspecified atom stereocenters. The van der Waals surface area contributed by atoms with E-state index in [0.29, 0.717) is 6.61 Å². The molecule has 0 spiro atoms. The molecule has 0 aliphatic carbocycles. The van der Waals surface area contributed by atoms with Gasteiger partial charge in [0.05, 0.1) is 19.8 Å². The molecule has 23 heavy (non-hydrogen) atoms. The van der Waals surface area contributed by atoms with Crippen LogP contribution < -0.4 is 0 Å². The fourth-order valence-corrected chi connectivity index (χ4v) is 2.72. The van der Waals surface area contributed by atoms with Crippen LogP contribution in [0.3, 0.4) is 0 Å². The van der Waals surface area contributed by atoms with E-state index in [1.807, 2.05) is 6.08 Å². The lowest BCUT2D eigenvalue weighted by atomic mass is 10.1. The lowest BCUT2D eigenvalue weighted by Crippen LogP contribution is -2.40. The van der Waals surface area contributed by atoms with Gasteiger partial charge in [-0.25, -0.2) is 0 Å². The molecule has 0 amide bonds. The second-order valence-electron chi connectivity index (χ2n) is 6.34. The smallest absolute Gasteiger partial charge is 0.114 e. The van der Waals surface area contributed by atoms with Gasteiger partial charge in [0.15, 0.2) is 0 Å². The minimum atomic E-state index is -1.04. The van der Waals surface area contributed by atoms with Gasteiger partial charge in [-0.2, -0.15) is 0 Å². The SMILES string of the molecule is CCCCCCCCC/C=C/COC[C@@H](O)[C@H]1OC[C@H](O)[C@H]1O. The summed E-state index contributed by atoms with van der Waals surface area (Å²) in [5.74, 6) is 0. The van der Waals surface area contributed by atoms with Crippen molar-refractivity contribution >= 4 is 0 Å². The van der Waals surface area contributed by atoms with E-state index < -0.39 is 24.4 Å². The van der Waals surface area contributed by atoms with E-state index in [4.69, 9.17) is 9.47 Å². The summed E-state index contributed by atoms with van der Waals surface area (Å²) in [7, 11) is 0. The van der Waals surface area contributed by atoms with Crippen LogP contribution in [0.2, 0.25) is 0 Å². The number of hydrogen-bond acceptors (Lipinski definition) is 5. The maximum Gasteiger partial charge on any atom is 0.114 e. The van der Waals surface area contributed by atoms with E-state index in [9.17, 15) is 15.3 Å². The van der Waals surface area contributed by atoms with Crippen molar-refractivity contribution in [2.45, 2.75) is 82.7 Å². The average Bonchev–Trinajstić information content (AvgIpc) is 2.88. The summed E-state index contributed by atoms with van der Waals surface area (Å²) in [6.45, 7) is 2.83. The Balaban J connectivity index is 1.92. The summed E-state index contributed by atoms with van der Waals surface area (Å²) in [5.41, 5.74) is 0. The summed E-state index contributed by atoms with van der Waals surface area (Å²) < 4.78 is 10.5. The molecule has 0 aromatic rings. The van der Waals surface area contributed by atoms with Crippen LogP contribution in [-0.2, 0) is 9.47 Å². The van der Waals surface area contributed by atoms with E-state index >= 15 is 0 Å². The maximum absolute atomic E-state index is 9.85. The summed E-state index contributed by atoms with van der Waals surface area (Å²) in [6.07, 6.45) is 10.7. The zero-order valence-corrected chi connectivity index (χ0v) is 14.4. The zero-order valence-electron chi connectivity index (χ0n) is 14.4. The lowest BCUT2D eigenvalue weighted by Gasteiger charge is -2.20. The molecular formula is C18H34O5. The molecule has 0 aromatic carbocycles. The van der Waals surface area contributed by atoms with E-state index in [1.54, 1.807) is 0 Å². The van der Waals surface area contributed by atoms with Gasteiger partial charge in [0, 0.05) is 0 Å². The number of ether oxygens (including phenoxy) is 2. The summed E-state index contributed by atoms with van der Waals surface area (Å²) >= 11 is 0. The molecule has 136 valence electrons. The Morgan fingerprint density at radius 2 is 1.78 bits per heavy atom. The van der Waals surface area contributed by atoms with Crippen LogP contribution in [0, 0.1) is 0 Å². The van der Waals surface area contributed by atoms with Crippen molar-refractivity contribution < 1.29 is 24.8 Å². The second-order valence-corrected chi connectivity index (χ2v) is 6.34. The van der Waals surface area contributed by atoms with Gasteiger partial charge in [-0.1, -0.05) is 57.6 Å². The standard InChI is InChI=1S/C18H34O5/c1-2-3-4-5-6-7-8-9-10-11-12-22-13-16(20)18-17(21)15(19)14-23-18/h10-11,15-21H,2-9,12-14H2,1H3/b11-10+/t15-,16+,17+,18+/m0/s1. The highest BCUT2D eigenvalue weighted by Gasteiger charge is 2.39. The van der Waals surface area contributed by atoms with Crippen molar-refractivity contribution in [3.63, 3.8) is 0 Å². The third-order valence-corrected chi connectivity index (χ3v) is 4.21. The van der Waals surface area contributed by atoms with Crippen LogP contribution in [0.5, 0.6) is 0 Å². The van der Waals surface area contributed by atoms with Crippen molar-refractivity contribution in [3.05, 3.63) is 12.2 Å². The quantitative estimate of drug-likeness (QED) is 0.356. The highest BCUT2D eigenvalue weighted by molar-refractivity contribution is 4.88. The fraction of sp³-hybridized carbons (Fsp3) is 0.889. The molecule has 3 N–H and O–H groups in total. The van der Waals surface area contributed by atoms with Crippen molar-refractivity contribution in [2.75, 3.05) is 19.8 Å². The largest absolute Gasteiger partial charge is 0.388 e. The van der Waals surface area contributed by atoms with Gasteiger partial charge in [0.25, 0.3) is 0 Å². The van der Waals surface area contributed by atoms with E-state index in [-0.39, 0.29) is 13.2 Å². The van der Waals surface area contributed by atoms with Crippen LogP contribution in [0.4, 0.5) is 0 Å². The van der Waals surface area contributed by atoms with E-state index in [1.165, 1.54) is 44.9 Å². The van der Waals surface area contributed by atoms with E-state index in [2.05, 4.69) is 13.0 Å². The van der Waals surface area contributed by atoms with Crippen molar-refractivity contribution in [2.24, 2.45) is 0 Å². The van der Waals surface area contributed by atoms with Gasteiger partial charge in [0.2, 0.25) is 0 Å². The first-order valence-corrected chi connectivity index (χ1v) is 9.05. The monoisotopic (exact) mass is 330 g/mol. The van der Waals surface area contributed by atoms with Crippen molar-refractivity contribution in [1.29, 1.82) is 0 Å². The number of aliphatic hydroxyl groups excluding tert-OH is 3. The molecule has 5 heteroatoms. The molecule has 1 rings (SSSR count). The highest BCUT2D eigenvalue weighted by atomic mass is 16.5. The number of hydrogen-bond donors (Lipinski definition) is 3. The molecule has 4 atom stereocenters. The predicted octanol–water partition coefficient (Wildman–Crippen LogP) is 2.18. The van der Waals surface area contributed by atoms with Crippen LogP contribution in [0.15, 0.2) is 12.2 Å². The number of unbranched alkanes of at least 4 members (excludes halogenated alkanes) is 7. The summed E-state index contributed by atoms with van der Waals surface area (Å²) in [6, 6.07) is 0. The molecular weight excluding hydrogens is 296 g/mol. The lowest BCUT2D eigenvalue weighted by molar-refractivity contribution is -0.0782. The van der Waals surface area contributed by atoms with E-state index in [0.717, 1.165) is 6.42 Å². The molecule has 0 bridgehead atoms. The molecule has 1 aliphatic heterocycles. The molecule has 1 heterocycles. The molecule has 0 saturated carbocycles. The second kappa shape index (κ2) is 12.9. The van der Waals surface area contributed by atoms with Gasteiger partial charge < -0.3 is 24.8 Å². The normalized spacial score (nSPS) is 26.2. The summed E-state index contributed by atoms with van der Waals surface area (Å²) in [5, 5.41) is 28.8. The topological polar surface area (TPSA) is 79.2 Å². The minimum absolute atomic E-state index is 0.0568. The minimum Gasteiger partial charge on any atom is -0.388 e.